The molecule has 0 saturated heterocycles. The van der Waals surface area contributed by atoms with Gasteiger partial charge in [0.25, 0.3) is 5.91 Å². The van der Waals surface area contributed by atoms with Crippen LogP contribution >= 0.6 is 11.6 Å². The van der Waals surface area contributed by atoms with Gasteiger partial charge < -0.3 is 10.1 Å². The topological polar surface area (TPSA) is 51.2 Å². The molecule has 2 aromatic carbocycles. The first-order valence-corrected chi connectivity index (χ1v) is 8.37. The van der Waals surface area contributed by atoms with Crippen LogP contribution in [0.15, 0.2) is 48.7 Å². The molecule has 0 fully saturated rings. The maximum absolute atomic E-state index is 13.6. The van der Waals surface area contributed by atoms with Gasteiger partial charge in [0.05, 0.1) is 28.3 Å². The second kappa shape index (κ2) is 7.44. The number of nitrogens with zero attached hydrogens (tertiary/aromatic N) is 1. The van der Waals surface area contributed by atoms with E-state index in [1.54, 1.807) is 13.0 Å². The fourth-order valence-electron chi connectivity index (χ4n) is 2.67. The summed E-state index contributed by atoms with van der Waals surface area (Å²) in [7, 11) is 0. The second-order valence-electron chi connectivity index (χ2n) is 5.59. The fourth-order valence-corrected chi connectivity index (χ4v) is 2.90. The van der Waals surface area contributed by atoms with Crippen molar-refractivity contribution in [3.63, 3.8) is 0 Å². The van der Waals surface area contributed by atoms with E-state index in [9.17, 15) is 18.0 Å². The van der Waals surface area contributed by atoms with Gasteiger partial charge in [0, 0.05) is 17.3 Å². The van der Waals surface area contributed by atoms with Gasteiger partial charge in [-0.3, -0.25) is 9.78 Å². The molecule has 0 saturated carbocycles. The summed E-state index contributed by atoms with van der Waals surface area (Å²) in [6.45, 7) is 2.19. The minimum Gasteiger partial charge on any atom is -0.492 e. The Morgan fingerprint density at radius 1 is 1.22 bits per heavy atom. The molecule has 140 valence electrons. The van der Waals surface area contributed by atoms with Crippen LogP contribution in [0.4, 0.5) is 18.9 Å². The normalized spacial score (nSPS) is 11.4. The van der Waals surface area contributed by atoms with E-state index in [4.69, 9.17) is 16.3 Å². The number of alkyl halides is 3. The van der Waals surface area contributed by atoms with Crippen LogP contribution in [0.25, 0.3) is 10.9 Å². The molecule has 3 rings (SSSR count). The van der Waals surface area contributed by atoms with Gasteiger partial charge in [0.1, 0.15) is 5.75 Å². The number of hydrogen-bond acceptors (Lipinski definition) is 3. The molecule has 27 heavy (non-hydrogen) atoms. The average molecular weight is 395 g/mol. The number of anilines is 1. The summed E-state index contributed by atoms with van der Waals surface area (Å²) >= 11 is 6.05. The maximum Gasteiger partial charge on any atom is 0.417 e. The van der Waals surface area contributed by atoms with Crippen LogP contribution in [-0.2, 0) is 6.18 Å². The number of aromatic nitrogens is 1. The number of ether oxygens (including phenoxy) is 1. The van der Waals surface area contributed by atoms with Gasteiger partial charge in [-0.1, -0.05) is 29.8 Å². The van der Waals surface area contributed by atoms with Gasteiger partial charge in [-0.15, -0.1) is 0 Å². The Bertz CT molecular complexity index is 1010. The molecular weight excluding hydrogens is 381 g/mol. The second-order valence-corrected chi connectivity index (χ2v) is 6.00. The molecule has 0 aliphatic heterocycles. The molecule has 1 heterocycles. The highest BCUT2D eigenvalue weighted by molar-refractivity contribution is 6.32. The van der Waals surface area contributed by atoms with Crippen molar-refractivity contribution in [2.24, 2.45) is 0 Å². The quantitative estimate of drug-likeness (QED) is 0.630. The number of nitrogens with one attached hydrogen (secondary N) is 1. The van der Waals surface area contributed by atoms with Crippen molar-refractivity contribution in [1.29, 1.82) is 0 Å². The fraction of sp³-hybridized carbons (Fsp3) is 0.158. The van der Waals surface area contributed by atoms with Crippen LogP contribution in [0.3, 0.4) is 0 Å². The maximum atomic E-state index is 13.6. The van der Waals surface area contributed by atoms with Crippen LogP contribution in [0.2, 0.25) is 5.02 Å². The van der Waals surface area contributed by atoms with Gasteiger partial charge >= 0.3 is 6.18 Å². The van der Waals surface area contributed by atoms with Crippen molar-refractivity contribution < 1.29 is 22.7 Å². The Balaban J connectivity index is 2.00. The highest BCUT2D eigenvalue weighted by atomic mass is 35.5. The van der Waals surface area contributed by atoms with Gasteiger partial charge in [-0.25, -0.2) is 0 Å². The summed E-state index contributed by atoms with van der Waals surface area (Å²) in [5.41, 5.74) is -1.19. The van der Waals surface area contributed by atoms with Crippen molar-refractivity contribution in [2.45, 2.75) is 13.1 Å². The predicted octanol–water partition coefficient (Wildman–Crippen LogP) is 5.56. The van der Waals surface area contributed by atoms with Crippen LogP contribution in [-0.4, -0.2) is 17.5 Å². The standard InChI is InChI=1S/C19H14ClF3N2O2/c1-2-27-16-8-7-11(9-14(16)20)25-18(26)13-10-24-15-6-4-3-5-12(15)17(13)19(21,22)23/h3-10H,2H2,1H3,(H,25,26). The number of rotatable bonds is 4. The summed E-state index contributed by atoms with van der Waals surface area (Å²) < 4.78 is 46.2. The number of para-hydroxylation sites is 1. The number of carbonyl (C=O) groups is 1. The third-order valence-corrected chi connectivity index (χ3v) is 4.09. The van der Waals surface area contributed by atoms with Crippen molar-refractivity contribution in [2.75, 3.05) is 11.9 Å². The Labute approximate surface area is 157 Å². The Morgan fingerprint density at radius 2 is 1.96 bits per heavy atom. The van der Waals surface area contributed by atoms with Crippen molar-refractivity contribution in [3.05, 3.63) is 64.8 Å². The van der Waals surface area contributed by atoms with Gasteiger partial charge in [-0.05, 0) is 31.2 Å². The zero-order valence-corrected chi connectivity index (χ0v) is 14.9. The van der Waals surface area contributed by atoms with E-state index < -0.39 is 23.2 Å². The van der Waals surface area contributed by atoms with Gasteiger partial charge in [-0.2, -0.15) is 13.2 Å². The molecule has 0 aliphatic carbocycles. The Morgan fingerprint density at radius 3 is 2.63 bits per heavy atom. The monoisotopic (exact) mass is 394 g/mol. The van der Waals surface area contributed by atoms with E-state index in [-0.39, 0.29) is 21.6 Å². The van der Waals surface area contributed by atoms with E-state index in [1.165, 1.54) is 36.4 Å². The first-order chi connectivity index (χ1) is 12.8. The summed E-state index contributed by atoms with van der Waals surface area (Å²) in [4.78, 5) is 16.5. The van der Waals surface area contributed by atoms with Crippen molar-refractivity contribution in [1.82, 2.24) is 4.98 Å². The van der Waals surface area contributed by atoms with E-state index in [1.807, 2.05) is 0 Å². The number of hydrogen-bond donors (Lipinski definition) is 1. The van der Waals surface area contributed by atoms with E-state index in [0.717, 1.165) is 6.20 Å². The zero-order valence-electron chi connectivity index (χ0n) is 14.1. The minimum absolute atomic E-state index is 0.137. The number of carbonyl (C=O) groups excluding carboxylic acids is 1. The van der Waals surface area contributed by atoms with Crippen LogP contribution in [0.1, 0.15) is 22.8 Å². The van der Waals surface area contributed by atoms with Crippen molar-refractivity contribution in [3.8, 4) is 5.75 Å². The molecule has 1 amide bonds. The lowest BCUT2D eigenvalue weighted by molar-refractivity contribution is -0.136. The molecule has 0 radical (unpaired) electrons. The van der Waals surface area contributed by atoms with Gasteiger partial charge in [0.2, 0.25) is 0 Å². The van der Waals surface area contributed by atoms with Crippen LogP contribution < -0.4 is 10.1 Å². The third-order valence-electron chi connectivity index (χ3n) is 3.79. The molecule has 0 spiro atoms. The first-order valence-electron chi connectivity index (χ1n) is 8.00. The molecular formula is C19H14ClF3N2O2. The summed E-state index contributed by atoms with van der Waals surface area (Å²) in [5, 5.41) is 2.53. The lowest BCUT2D eigenvalue weighted by atomic mass is 10.0. The molecule has 1 aromatic heterocycles. The summed E-state index contributed by atoms with van der Waals surface area (Å²) in [6, 6.07) is 10.2. The smallest absolute Gasteiger partial charge is 0.417 e. The highest BCUT2D eigenvalue weighted by Crippen LogP contribution is 2.37. The molecule has 3 aromatic rings. The van der Waals surface area contributed by atoms with Gasteiger partial charge in [0.15, 0.2) is 0 Å². The largest absolute Gasteiger partial charge is 0.492 e. The van der Waals surface area contributed by atoms with E-state index >= 15 is 0 Å². The molecule has 0 atom stereocenters. The molecule has 4 nitrogen and oxygen atoms in total. The average Bonchev–Trinajstić information content (AvgIpc) is 2.62. The zero-order chi connectivity index (χ0) is 19.6. The first kappa shape index (κ1) is 19.0. The SMILES string of the molecule is CCOc1ccc(NC(=O)c2cnc3ccccc3c2C(F)(F)F)cc1Cl. The lowest BCUT2D eigenvalue weighted by Gasteiger charge is -2.15. The molecule has 0 unspecified atom stereocenters. The predicted molar refractivity (Wildman–Crippen MR) is 97.3 cm³/mol. The third kappa shape index (κ3) is 3.98. The minimum atomic E-state index is -4.72. The summed E-state index contributed by atoms with van der Waals surface area (Å²) in [6.07, 6.45) is -3.79. The van der Waals surface area contributed by atoms with Crippen molar-refractivity contribution >= 4 is 34.1 Å². The van der Waals surface area contributed by atoms with E-state index in [2.05, 4.69) is 10.3 Å². The lowest BCUT2D eigenvalue weighted by Crippen LogP contribution is -2.19. The molecule has 0 bridgehead atoms. The Hall–Kier alpha value is -2.80. The molecule has 0 aliphatic rings. The molecule has 1 N–H and O–H groups in total. The number of pyridine rings is 1. The van der Waals surface area contributed by atoms with E-state index in [0.29, 0.717) is 12.4 Å². The van der Waals surface area contributed by atoms with Crippen LogP contribution in [0, 0.1) is 0 Å². The number of halogens is 4. The van der Waals surface area contributed by atoms with Crippen LogP contribution in [0.5, 0.6) is 5.75 Å². The molecule has 8 heteroatoms. The number of amides is 1. The summed E-state index contributed by atoms with van der Waals surface area (Å²) in [5.74, 6) is -0.513. The number of benzene rings is 2. The highest BCUT2D eigenvalue weighted by Gasteiger charge is 2.37. The Kier molecular flexibility index (Phi) is 5.23. The number of fused-ring (bicyclic) bond motifs is 1.